The second kappa shape index (κ2) is 6.25. The first kappa shape index (κ1) is 14.8. The maximum Gasteiger partial charge on any atom is 0.221 e. The molecule has 0 aliphatic heterocycles. The van der Waals surface area contributed by atoms with Crippen LogP contribution in [0.1, 0.15) is 40.0 Å². The van der Waals surface area contributed by atoms with E-state index >= 15 is 0 Å². The normalized spacial score (nSPS) is 26.1. The summed E-state index contributed by atoms with van der Waals surface area (Å²) in [5.74, 6) is 0.810. The average molecular weight is 278 g/mol. The molecular weight excluding hydrogens is 255 g/mol. The standard InChI is InChI=1S/C16H23FN2O/c1-10-4-5-13(8-11(10)2)19-14-6-7-15(17)16(9-14)18-12(3)20/h6-7,9-11,13,19H,4-5,8H2,1-3H3,(H,18,20). The number of benzene rings is 1. The summed E-state index contributed by atoms with van der Waals surface area (Å²) in [7, 11) is 0. The van der Waals surface area contributed by atoms with Gasteiger partial charge in [-0.1, -0.05) is 13.8 Å². The van der Waals surface area contributed by atoms with Crippen molar-refractivity contribution in [2.45, 2.75) is 46.1 Å². The Morgan fingerprint density at radius 1 is 1.25 bits per heavy atom. The van der Waals surface area contributed by atoms with E-state index in [0.717, 1.165) is 24.4 Å². The first-order valence-corrected chi connectivity index (χ1v) is 7.29. The van der Waals surface area contributed by atoms with Crippen molar-refractivity contribution >= 4 is 17.3 Å². The lowest BCUT2D eigenvalue weighted by Crippen LogP contribution is -2.30. The average Bonchev–Trinajstić information content (AvgIpc) is 2.37. The number of hydrogen-bond donors (Lipinski definition) is 2. The van der Waals surface area contributed by atoms with Crippen LogP contribution in [0, 0.1) is 17.7 Å². The molecule has 3 unspecified atom stereocenters. The highest BCUT2D eigenvalue weighted by Gasteiger charge is 2.24. The summed E-state index contributed by atoms with van der Waals surface area (Å²) in [5.41, 5.74) is 1.10. The summed E-state index contributed by atoms with van der Waals surface area (Å²) in [5, 5.41) is 5.97. The molecule has 110 valence electrons. The van der Waals surface area contributed by atoms with E-state index in [9.17, 15) is 9.18 Å². The molecule has 1 aromatic rings. The summed E-state index contributed by atoms with van der Waals surface area (Å²) >= 11 is 0. The topological polar surface area (TPSA) is 41.1 Å². The molecule has 0 radical (unpaired) electrons. The van der Waals surface area contributed by atoms with Crippen LogP contribution >= 0.6 is 0 Å². The van der Waals surface area contributed by atoms with Crippen LogP contribution in [-0.4, -0.2) is 11.9 Å². The van der Waals surface area contributed by atoms with E-state index in [2.05, 4.69) is 24.5 Å². The Labute approximate surface area is 120 Å². The first-order valence-electron chi connectivity index (χ1n) is 7.29. The third-order valence-corrected chi connectivity index (χ3v) is 4.25. The van der Waals surface area contributed by atoms with Crippen molar-refractivity contribution in [2.75, 3.05) is 10.6 Å². The Kier molecular flexibility index (Phi) is 4.63. The van der Waals surface area contributed by atoms with Crippen LogP contribution in [0.3, 0.4) is 0 Å². The Balaban J connectivity index is 2.04. The zero-order valence-corrected chi connectivity index (χ0v) is 12.4. The number of nitrogens with one attached hydrogen (secondary N) is 2. The lowest BCUT2D eigenvalue weighted by atomic mass is 9.79. The third kappa shape index (κ3) is 3.71. The minimum atomic E-state index is -0.406. The second-order valence-electron chi connectivity index (χ2n) is 5.98. The van der Waals surface area contributed by atoms with Gasteiger partial charge in [-0.15, -0.1) is 0 Å². The van der Waals surface area contributed by atoms with E-state index in [-0.39, 0.29) is 11.6 Å². The molecule has 1 aromatic carbocycles. The molecule has 0 saturated heterocycles. The van der Waals surface area contributed by atoms with Crippen LogP contribution in [-0.2, 0) is 4.79 Å². The second-order valence-corrected chi connectivity index (χ2v) is 5.98. The van der Waals surface area contributed by atoms with Crippen LogP contribution in [0.4, 0.5) is 15.8 Å². The monoisotopic (exact) mass is 278 g/mol. The summed E-state index contributed by atoms with van der Waals surface area (Å²) in [6, 6.07) is 5.21. The van der Waals surface area contributed by atoms with Gasteiger partial charge in [-0.2, -0.15) is 0 Å². The SMILES string of the molecule is CC(=O)Nc1cc(NC2CCC(C)C(C)C2)ccc1F. The van der Waals surface area contributed by atoms with Gasteiger partial charge in [0.1, 0.15) is 5.82 Å². The van der Waals surface area contributed by atoms with Crippen molar-refractivity contribution in [3.05, 3.63) is 24.0 Å². The van der Waals surface area contributed by atoms with Crippen LogP contribution < -0.4 is 10.6 Å². The van der Waals surface area contributed by atoms with Gasteiger partial charge in [0.25, 0.3) is 0 Å². The number of hydrogen-bond acceptors (Lipinski definition) is 2. The largest absolute Gasteiger partial charge is 0.382 e. The van der Waals surface area contributed by atoms with Crippen LogP contribution in [0.15, 0.2) is 18.2 Å². The van der Waals surface area contributed by atoms with Gasteiger partial charge in [0.05, 0.1) is 5.69 Å². The van der Waals surface area contributed by atoms with E-state index in [4.69, 9.17) is 0 Å². The molecule has 20 heavy (non-hydrogen) atoms. The van der Waals surface area contributed by atoms with E-state index in [0.29, 0.717) is 12.0 Å². The molecular formula is C16H23FN2O. The summed E-state index contributed by atoms with van der Waals surface area (Å²) in [6.07, 6.45) is 3.49. The maximum absolute atomic E-state index is 13.6. The predicted molar refractivity (Wildman–Crippen MR) is 80.3 cm³/mol. The predicted octanol–water partition coefficient (Wildman–Crippen LogP) is 4.02. The molecule has 0 spiro atoms. The smallest absolute Gasteiger partial charge is 0.221 e. The summed E-state index contributed by atoms with van der Waals surface area (Å²) in [6.45, 7) is 5.96. The van der Waals surface area contributed by atoms with Gasteiger partial charge in [-0.25, -0.2) is 4.39 Å². The van der Waals surface area contributed by atoms with Crippen LogP contribution in [0.25, 0.3) is 0 Å². The maximum atomic E-state index is 13.6. The Bertz CT molecular complexity index is 489. The van der Waals surface area contributed by atoms with Crippen molar-refractivity contribution in [1.82, 2.24) is 0 Å². The van der Waals surface area contributed by atoms with Crippen molar-refractivity contribution in [2.24, 2.45) is 11.8 Å². The highest BCUT2D eigenvalue weighted by atomic mass is 19.1. The van der Waals surface area contributed by atoms with Crippen molar-refractivity contribution < 1.29 is 9.18 Å². The van der Waals surface area contributed by atoms with E-state index < -0.39 is 5.82 Å². The van der Waals surface area contributed by atoms with Crippen molar-refractivity contribution in [3.63, 3.8) is 0 Å². The van der Waals surface area contributed by atoms with Crippen LogP contribution in [0.2, 0.25) is 0 Å². The molecule has 3 atom stereocenters. The molecule has 3 nitrogen and oxygen atoms in total. The van der Waals surface area contributed by atoms with Gasteiger partial charge in [0.2, 0.25) is 5.91 Å². The van der Waals surface area contributed by atoms with Gasteiger partial charge < -0.3 is 10.6 Å². The fraction of sp³-hybridized carbons (Fsp3) is 0.562. The van der Waals surface area contributed by atoms with Gasteiger partial charge >= 0.3 is 0 Å². The van der Waals surface area contributed by atoms with Crippen LogP contribution in [0.5, 0.6) is 0 Å². The van der Waals surface area contributed by atoms with Gasteiger partial charge in [0.15, 0.2) is 0 Å². The summed E-state index contributed by atoms with van der Waals surface area (Å²) in [4.78, 5) is 11.0. The lowest BCUT2D eigenvalue weighted by Gasteiger charge is -2.33. The fourth-order valence-electron chi connectivity index (χ4n) is 2.81. The zero-order chi connectivity index (χ0) is 14.7. The Morgan fingerprint density at radius 3 is 2.65 bits per heavy atom. The number of halogens is 1. The van der Waals surface area contributed by atoms with Crippen molar-refractivity contribution in [3.8, 4) is 0 Å². The highest BCUT2D eigenvalue weighted by Crippen LogP contribution is 2.31. The molecule has 0 aromatic heterocycles. The lowest BCUT2D eigenvalue weighted by molar-refractivity contribution is -0.114. The molecule has 1 amide bonds. The van der Waals surface area contributed by atoms with Gasteiger partial charge in [-0.05, 0) is 49.3 Å². The minimum Gasteiger partial charge on any atom is -0.382 e. The molecule has 0 bridgehead atoms. The third-order valence-electron chi connectivity index (χ3n) is 4.25. The van der Waals surface area contributed by atoms with Crippen molar-refractivity contribution in [1.29, 1.82) is 0 Å². The Morgan fingerprint density at radius 2 is 2.00 bits per heavy atom. The summed E-state index contributed by atoms with van der Waals surface area (Å²) < 4.78 is 13.6. The number of rotatable bonds is 3. The highest BCUT2D eigenvalue weighted by molar-refractivity contribution is 5.89. The number of carbonyl (C=O) groups is 1. The molecule has 1 saturated carbocycles. The molecule has 1 fully saturated rings. The molecule has 4 heteroatoms. The van der Waals surface area contributed by atoms with E-state index in [1.165, 1.54) is 19.4 Å². The zero-order valence-electron chi connectivity index (χ0n) is 12.4. The molecule has 2 rings (SSSR count). The fourth-order valence-corrected chi connectivity index (χ4v) is 2.81. The minimum absolute atomic E-state index is 0.236. The molecule has 0 heterocycles. The molecule has 1 aliphatic carbocycles. The molecule has 2 N–H and O–H groups in total. The van der Waals surface area contributed by atoms with Gasteiger partial charge in [0, 0.05) is 18.7 Å². The van der Waals surface area contributed by atoms with Gasteiger partial charge in [-0.3, -0.25) is 4.79 Å². The quantitative estimate of drug-likeness (QED) is 0.876. The van der Waals surface area contributed by atoms with E-state index in [1.54, 1.807) is 12.1 Å². The number of anilines is 2. The number of carbonyl (C=O) groups excluding carboxylic acids is 1. The first-order chi connectivity index (χ1) is 9.45. The van der Waals surface area contributed by atoms with E-state index in [1.807, 2.05) is 0 Å². The Hall–Kier alpha value is -1.58. The molecule has 1 aliphatic rings. The number of amides is 1.